The molecule has 0 unspecified atom stereocenters. The average molecular weight is 162 g/mol. The average Bonchev–Trinajstić information content (AvgIpc) is 2.50. The minimum absolute atomic E-state index is 0.410. The lowest BCUT2D eigenvalue weighted by molar-refractivity contribution is 1.01. The molecule has 0 atom stereocenters. The summed E-state index contributed by atoms with van der Waals surface area (Å²) >= 11 is 0. The van der Waals surface area contributed by atoms with Gasteiger partial charge in [0.25, 0.3) is 0 Å². The third-order valence-electron chi connectivity index (χ3n) is 1.45. The number of pyridine rings is 1. The van der Waals surface area contributed by atoms with Crippen molar-refractivity contribution in [3.63, 3.8) is 0 Å². The van der Waals surface area contributed by atoms with Gasteiger partial charge in [-0.05, 0) is 12.1 Å². The van der Waals surface area contributed by atoms with Crippen LogP contribution in [0.2, 0.25) is 0 Å². The Morgan fingerprint density at radius 2 is 2.42 bits per heavy atom. The van der Waals surface area contributed by atoms with Crippen LogP contribution in [-0.4, -0.2) is 15.2 Å². The van der Waals surface area contributed by atoms with Crippen molar-refractivity contribution in [2.75, 3.05) is 0 Å². The van der Waals surface area contributed by atoms with Gasteiger partial charge in [-0.15, -0.1) is 5.11 Å². The molecule has 0 saturated carbocycles. The van der Waals surface area contributed by atoms with E-state index < -0.39 is 0 Å². The molecule has 0 fully saturated rings. The van der Waals surface area contributed by atoms with Gasteiger partial charge in [0, 0.05) is 6.20 Å². The molecule has 60 valence electrons. The van der Waals surface area contributed by atoms with Gasteiger partial charge < -0.3 is 5.84 Å². The summed E-state index contributed by atoms with van der Waals surface area (Å²) in [5.74, 6) is 5.30. The highest BCUT2D eigenvalue weighted by Gasteiger charge is 2.03. The summed E-state index contributed by atoms with van der Waals surface area (Å²) in [5.41, 5.74) is 1.49. The second kappa shape index (κ2) is 2.57. The zero-order chi connectivity index (χ0) is 8.39. The van der Waals surface area contributed by atoms with Crippen LogP contribution >= 0.6 is 0 Å². The maximum atomic E-state index is 4.89. The molecule has 2 rings (SSSR count). The van der Waals surface area contributed by atoms with Gasteiger partial charge in [-0.1, -0.05) is 5.22 Å². The lowest BCUT2D eigenvalue weighted by atomic mass is 10.4. The predicted octanol–water partition coefficient (Wildman–Crippen LogP) is 0.915. The third-order valence-corrected chi connectivity index (χ3v) is 1.45. The molecule has 6 heteroatoms. The number of aromatic nitrogens is 3. The Labute approximate surface area is 67.5 Å². The zero-order valence-electron chi connectivity index (χ0n) is 6.10. The van der Waals surface area contributed by atoms with E-state index in [1.54, 1.807) is 6.20 Å². The van der Waals surface area contributed by atoms with Crippen LogP contribution < -0.4 is 5.84 Å². The number of H-pyrrole nitrogens is 1. The monoisotopic (exact) mass is 162 g/mol. The third kappa shape index (κ3) is 0.895. The Hall–Kier alpha value is -1.98. The molecular formula is C6H6N6. The molecule has 2 aromatic heterocycles. The van der Waals surface area contributed by atoms with E-state index >= 15 is 0 Å². The molecule has 0 aromatic carbocycles. The quantitative estimate of drug-likeness (QED) is 0.371. The summed E-state index contributed by atoms with van der Waals surface area (Å²) in [5, 5.41) is 13.3. The number of hydrogen-bond acceptors (Lipinski definition) is 4. The van der Waals surface area contributed by atoms with Gasteiger partial charge in [0.1, 0.15) is 5.52 Å². The SMILES string of the molecule is NN=Nc1n[nH]c2cccnc12. The molecule has 12 heavy (non-hydrogen) atoms. The van der Waals surface area contributed by atoms with Gasteiger partial charge in [0.05, 0.1) is 5.52 Å². The largest absolute Gasteiger partial charge is 0.305 e. The Balaban J connectivity index is 2.70. The fourth-order valence-electron chi connectivity index (χ4n) is 0.964. The molecule has 0 radical (unpaired) electrons. The van der Waals surface area contributed by atoms with Crippen LogP contribution in [0.25, 0.3) is 11.0 Å². The van der Waals surface area contributed by atoms with Gasteiger partial charge >= 0.3 is 0 Å². The molecule has 2 aromatic rings. The van der Waals surface area contributed by atoms with Crippen LogP contribution in [0.4, 0.5) is 5.82 Å². The molecule has 0 aliphatic heterocycles. The normalized spacial score (nSPS) is 11.3. The summed E-state index contributed by atoms with van der Waals surface area (Å²) < 4.78 is 0. The topological polar surface area (TPSA) is 92.3 Å². The van der Waals surface area contributed by atoms with E-state index in [-0.39, 0.29) is 0 Å². The second-order valence-corrected chi connectivity index (χ2v) is 2.16. The first-order valence-corrected chi connectivity index (χ1v) is 3.32. The van der Waals surface area contributed by atoms with E-state index in [1.165, 1.54) is 0 Å². The molecule has 0 aliphatic rings. The number of nitrogens with two attached hydrogens (primary N) is 1. The highest BCUT2D eigenvalue weighted by atomic mass is 15.3. The van der Waals surface area contributed by atoms with Crippen molar-refractivity contribution in [1.82, 2.24) is 15.2 Å². The molecule has 0 amide bonds. The van der Waals surface area contributed by atoms with E-state index in [2.05, 4.69) is 25.5 Å². The van der Waals surface area contributed by atoms with Crippen molar-refractivity contribution >= 4 is 16.9 Å². The summed E-state index contributed by atoms with van der Waals surface area (Å²) in [4.78, 5) is 4.06. The van der Waals surface area contributed by atoms with Crippen LogP contribution in [0.5, 0.6) is 0 Å². The Morgan fingerprint density at radius 1 is 1.50 bits per heavy atom. The van der Waals surface area contributed by atoms with Gasteiger partial charge in [0.2, 0.25) is 5.82 Å². The smallest absolute Gasteiger partial charge is 0.223 e. The van der Waals surface area contributed by atoms with Gasteiger partial charge in [-0.2, -0.15) is 5.10 Å². The van der Waals surface area contributed by atoms with Gasteiger partial charge in [-0.3, -0.25) is 10.1 Å². The fourth-order valence-corrected chi connectivity index (χ4v) is 0.964. The summed E-state index contributed by atoms with van der Waals surface area (Å²) in [6.45, 7) is 0. The molecule has 0 saturated heterocycles. The number of hydrogen-bond donors (Lipinski definition) is 2. The first kappa shape index (κ1) is 6.71. The number of aromatic amines is 1. The van der Waals surface area contributed by atoms with Gasteiger partial charge in [0.15, 0.2) is 0 Å². The molecule has 6 nitrogen and oxygen atoms in total. The second-order valence-electron chi connectivity index (χ2n) is 2.16. The Morgan fingerprint density at radius 3 is 3.25 bits per heavy atom. The molecule has 0 bridgehead atoms. The number of nitrogens with zero attached hydrogens (tertiary/aromatic N) is 4. The maximum absolute atomic E-state index is 4.89. The lowest BCUT2D eigenvalue weighted by Crippen LogP contribution is -1.75. The molecule has 3 N–H and O–H groups in total. The predicted molar refractivity (Wildman–Crippen MR) is 42.6 cm³/mol. The Kier molecular flexibility index (Phi) is 1.44. The van der Waals surface area contributed by atoms with Crippen molar-refractivity contribution in [3.05, 3.63) is 18.3 Å². The van der Waals surface area contributed by atoms with Crippen LogP contribution in [0.3, 0.4) is 0 Å². The maximum Gasteiger partial charge on any atom is 0.223 e. The van der Waals surface area contributed by atoms with Crippen molar-refractivity contribution in [1.29, 1.82) is 0 Å². The zero-order valence-corrected chi connectivity index (χ0v) is 6.10. The van der Waals surface area contributed by atoms with Crippen LogP contribution in [-0.2, 0) is 0 Å². The molecule has 0 spiro atoms. The van der Waals surface area contributed by atoms with Crippen LogP contribution in [0, 0.1) is 0 Å². The first-order valence-electron chi connectivity index (χ1n) is 3.32. The minimum Gasteiger partial charge on any atom is -0.305 e. The summed E-state index contributed by atoms with van der Waals surface area (Å²) in [6.07, 6.45) is 1.66. The van der Waals surface area contributed by atoms with Crippen molar-refractivity contribution in [2.24, 2.45) is 16.2 Å². The number of nitrogens with one attached hydrogen (secondary N) is 1. The van der Waals surface area contributed by atoms with Crippen molar-refractivity contribution in [3.8, 4) is 0 Å². The van der Waals surface area contributed by atoms with Crippen LogP contribution in [0.1, 0.15) is 0 Å². The Bertz CT molecular complexity index is 417. The van der Waals surface area contributed by atoms with Crippen molar-refractivity contribution in [2.45, 2.75) is 0 Å². The molecule has 0 aliphatic carbocycles. The fraction of sp³-hybridized carbons (Fsp3) is 0. The highest BCUT2D eigenvalue weighted by Crippen LogP contribution is 2.19. The van der Waals surface area contributed by atoms with E-state index in [0.29, 0.717) is 11.3 Å². The number of fused-ring (bicyclic) bond motifs is 1. The van der Waals surface area contributed by atoms with Crippen molar-refractivity contribution < 1.29 is 0 Å². The minimum atomic E-state index is 0.410. The van der Waals surface area contributed by atoms with Gasteiger partial charge in [-0.25, -0.2) is 0 Å². The summed E-state index contributed by atoms with van der Waals surface area (Å²) in [7, 11) is 0. The van der Waals surface area contributed by atoms with E-state index in [0.717, 1.165) is 5.52 Å². The van der Waals surface area contributed by atoms with E-state index in [1.807, 2.05) is 12.1 Å². The lowest BCUT2D eigenvalue weighted by Gasteiger charge is -1.84. The first-order chi connectivity index (χ1) is 5.92. The van der Waals surface area contributed by atoms with E-state index in [9.17, 15) is 0 Å². The van der Waals surface area contributed by atoms with Crippen LogP contribution in [0.15, 0.2) is 28.7 Å². The molecule has 2 heterocycles. The number of rotatable bonds is 1. The standard InChI is InChI=1S/C6H6N6/c7-12-11-6-5-4(9-10-6)2-1-3-8-5/h1-3H,(H3,7,9,10,11). The molecular weight excluding hydrogens is 156 g/mol. The summed E-state index contributed by atoms with van der Waals surface area (Å²) in [6, 6.07) is 3.66. The van der Waals surface area contributed by atoms with E-state index in [4.69, 9.17) is 5.84 Å². The highest BCUT2D eigenvalue weighted by molar-refractivity contribution is 5.83.